The summed E-state index contributed by atoms with van der Waals surface area (Å²) in [5, 5.41) is 0. The Morgan fingerprint density at radius 2 is 2.24 bits per heavy atom. The summed E-state index contributed by atoms with van der Waals surface area (Å²) in [6, 6.07) is 6.56. The van der Waals surface area contributed by atoms with Crippen LogP contribution in [0.25, 0.3) is 11.1 Å². The first-order valence-corrected chi connectivity index (χ1v) is 6.62. The lowest BCUT2D eigenvalue weighted by Crippen LogP contribution is -1.95. The van der Waals surface area contributed by atoms with Crippen LogP contribution in [0.1, 0.15) is 23.6 Å². The van der Waals surface area contributed by atoms with Crippen molar-refractivity contribution >= 4 is 6.08 Å². The van der Waals surface area contributed by atoms with Crippen LogP contribution >= 0.6 is 0 Å². The number of hydrogen-bond donors (Lipinski definition) is 0. The molecule has 3 rings (SSSR count). The predicted molar refractivity (Wildman–Crippen MR) is 75.4 cm³/mol. The molecule has 0 amide bonds. The first-order chi connectivity index (χ1) is 10.2. The molecule has 0 N–H and O–H groups in total. The Morgan fingerprint density at radius 3 is 3.00 bits per heavy atom. The highest BCUT2D eigenvalue weighted by Gasteiger charge is 2.26. The molecule has 0 saturated carbocycles. The van der Waals surface area contributed by atoms with Crippen LogP contribution in [0.3, 0.4) is 0 Å². The largest absolute Gasteiger partial charge is 0.481 e. The van der Waals surface area contributed by atoms with Gasteiger partial charge in [-0.15, -0.1) is 0 Å². The van der Waals surface area contributed by atoms with Crippen LogP contribution in [0.4, 0.5) is 4.39 Å². The third-order valence-electron chi connectivity index (χ3n) is 3.72. The number of aliphatic imine (C=N–C) groups is 1. The van der Waals surface area contributed by atoms with Gasteiger partial charge >= 0.3 is 0 Å². The molecule has 0 radical (unpaired) electrons. The van der Waals surface area contributed by atoms with Crippen molar-refractivity contribution in [2.75, 3.05) is 7.11 Å². The lowest BCUT2D eigenvalue weighted by atomic mass is 10.00. The van der Waals surface area contributed by atoms with E-state index in [0.29, 0.717) is 24.3 Å². The van der Waals surface area contributed by atoms with Crippen LogP contribution in [0.5, 0.6) is 5.88 Å². The van der Waals surface area contributed by atoms with Crippen molar-refractivity contribution in [3.05, 3.63) is 47.4 Å². The zero-order valence-corrected chi connectivity index (χ0v) is 11.5. The van der Waals surface area contributed by atoms with Gasteiger partial charge in [-0.3, -0.25) is 0 Å². The molecule has 0 spiro atoms. The normalized spacial score (nSPS) is 16.2. The molecule has 0 saturated heterocycles. The van der Waals surface area contributed by atoms with Crippen LogP contribution in [0.15, 0.2) is 35.5 Å². The summed E-state index contributed by atoms with van der Waals surface area (Å²) in [7, 11) is 1.54. The highest BCUT2D eigenvalue weighted by Crippen LogP contribution is 2.38. The maximum atomic E-state index is 14.4. The van der Waals surface area contributed by atoms with Crippen molar-refractivity contribution in [3.63, 3.8) is 0 Å². The fourth-order valence-corrected chi connectivity index (χ4v) is 2.75. The first-order valence-electron chi connectivity index (χ1n) is 6.62. The highest BCUT2D eigenvalue weighted by atomic mass is 19.1. The van der Waals surface area contributed by atoms with Gasteiger partial charge in [0.25, 0.3) is 0 Å². The fraction of sp³-hybridized carbons (Fsp3) is 0.250. The van der Waals surface area contributed by atoms with Gasteiger partial charge in [0.15, 0.2) is 0 Å². The summed E-state index contributed by atoms with van der Waals surface area (Å²) in [6.45, 7) is 0. The quantitative estimate of drug-likeness (QED) is 0.642. The Morgan fingerprint density at radius 1 is 1.38 bits per heavy atom. The number of aryl methyl sites for hydroxylation is 1. The van der Waals surface area contributed by atoms with Crippen LogP contribution in [-0.2, 0) is 11.2 Å². The van der Waals surface area contributed by atoms with Gasteiger partial charge in [0.2, 0.25) is 12.0 Å². The third-order valence-corrected chi connectivity index (χ3v) is 3.72. The molecule has 5 heteroatoms. The maximum Gasteiger partial charge on any atom is 0.235 e. The monoisotopic (exact) mass is 284 g/mol. The molecule has 0 aliphatic heterocycles. The van der Waals surface area contributed by atoms with Gasteiger partial charge in [-0.2, -0.15) is 4.99 Å². The van der Waals surface area contributed by atoms with Crippen LogP contribution in [0.2, 0.25) is 0 Å². The van der Waals surface area contributed by atoms with Crippen molar-refractivity contribution in [3.8, 4) is 17.0 Å². The van der Waals surface area contributed by atoms with Crippen LogP contribution in [-0.4, -0.2) is 18.2 Å². The van der Waals surface area contributed by atoms with Crippen molar-refractivity contribution in [1.29, 1.82) is 0 Å². The Labute approximate surface area is 121 Å². The topological polar surface area (TPSA) is 51.5 Å². The van der Waals surface area contributed by atoms with E-state index in [-0.39, 0.29) is 5.82 Å². The fourth-order valence-electron chi connectivity index (χ4n) is 2.75. The summed E-state index contributed by atoms with van der Waals surface area (Å²) in [4.78, 5) is 18.1. The molecule has 1 aliphatic carbocycles. The molecule has 1 heterocycles. The number of fused-ring (bicyclic) bond motifs is 1. The number of benzene rings is 1. The van der Waals surface area contributed by atoms with Gasteiger partial charge < -0.3 is 4.74 Å². The van der Waals surface area contributed by atoms with E-state index in [1.807, 2.05) is 6.07 Å². The smallest absolute Gasteiger partial charge is 0.235 e. The van der Waals surface area contributed by atoms with Crippen molar-refractivity contribution in [2.24, 2.45) is 4.99 Å². The van der Waals surface area contributed by atoms with Gasteiger partial charge in [0, 0.05) is 17.8 Å². The Hall–Kier alpha value is -2.52. The van der Waals surface area contributed by atoms with Crippen molar-refractivity contribution in [2.45, 2.75) is 18.9 Å². The summed E-state index contributed by atoms with van der Waals surface area (Å²) >= 11 is 0. The van der Waals surface area contributed by atoms with E-state index in [2.05, 4.69) is 9.98 Å². The predicted octanol–water partition coefficient (Wildman–Crippen LogP) is 3.22. The summed E-state index contributed by atoms with van der Waals surface area (Å²) in [5.74, 6) is 0.150. The number of nitrogens with zero attached hydrogens (tertiary/aromatic N) is 2. The Balaban J connectivity index is 2.07. The van der Waals surface area contributed by atoms with E-state index >= 15 is 0 Å². The average Bonchev–Trinajstić information content (AvgIpc) is 2.91. The van der Waals surface area contributed by atoms with E-state index in [1.165, 1.54) is 19.3 Å². The van der Waals surface area contributed by atoms with Gasteiger partial charge in [-0.1, -0.05) is 6.07 Å². The van der Waals surface area contributed by atoms with Crippen LogP contribution < -0.4 is 4.74 Å². The third kappa shape index (κ3) is 2.43. The molecule has 106 valence electrons. The highest BCUT2D eigenvalue weighted by molar-refractivity contribution is 5.66. The molecular weight excluding hydrogens is 271 g/mol. The Bertz CT molecular complexity index is 739. The van der Waals surface area contributed by atoms with Gasteiger partial charge in [-0.25, -0.2) is 14.2 Å². The van der Waals surface area contributed by atoms with Crippen LogP contribution in [0, 0.1) is 5.82 Å². The number of pyridine rings is 1. The number of ether oxygens (including phenoxy) is 1. The molecule has 0 bridgehead atoms. The number of halogens is 1. The summed E-state index contributed by atoms with van der Waals surface area (Å²) in [6.07, 6.45) is 4.50. The molecule has 1 aromatic heterocycles. The lowest BCUT2D eigenvalue weighted by Gasteiger charge is -2.09. The molecule has 2 aromatic rings. The number of rotatable bonds is 3. The van der Waals surface area contributed by atoms with E-state index < -0.39 is 6.04 Å². The van der Waals surface area contributed by atoms with Gasteiger partial charge in [0.05, 0.1) is 13.2 Å². The number of aromatic nitrogens is 1. The minimum Gasteiger partial charge on any atom is -0.481 e. The number of hydrogen-bond acceptors (Lipinski definition) is 4. The minimum absolute atomic E-state index is 0.334. The standard InChI is InChI=1S/C16H13FN2O2/c1-21-15-8-10(4-5-18-15)12-6-11-2-3-14(19-9-20)16(11)13(17)7-12/h4-8,14H,2-3H2,1H3. The minimum atomic E-state index is -0.404. The van der Waals surface area contributed by atoms with E-state index in [1.54, 1.807) is 18.3 Å². The molecular formula is C16H13FN2O2. The molecule has 4 nitrogen and oxygen atoms in total. The number of carbonyl (C=O) groups excluding carboxylic acids is 1. The van der Waals surface area contributed by atoms with E-state index in [0.717, 1.165) is 16.7 Å². The van der Waals surface area contributed by atoms with Crippen molar-refractivity contribution < 1.29 is 13.9 Å². The second kappa shape index (κ2) is 5.46. The molecule has 0 fully saturated rings. The molecule has 1 aliphatic rings. The lowest BCUT2D eigenvalue weighted by molar-refractivity contribution is 0.398. The SMILES string of the molecule is COc1cc(-c2cc(F)c3c(c2)CCC3N=C=O)ccn1. The molecule has 1 unspecified atom stereocenters. The summed E-state index contributed by atoms with van der Waals surface area (Å²) < 4.78 is 19.4. The second-order valence-corrected chi connectivity index (χ2v) is 4.89. The van der Waals surface area contributed by atoms with Gasteiger partial charge in [-0.05, 0) is 41.7 Å². The van der Waals surface area contributed by atoms with Crippen molar-refractivity contribution in [1.82, 2.24) is 4.98 Å². The van der Waals surface area contributed by atoms with E-state index in [4.69, 9.17) is 4.74 Å². The molecule has 1 atom stereocenters. The number of isocyanates is 1. The first kappa shape index (κ1) is 13.5. The summed E-state index contributed by atoms with van der Waals surface area (Å²) in [5.41, 5.74) is 3.02. The average molecular weight is 284 g/mol. The molecule has 21 heavy (non-hydrogen) atoms. The zero-order valence-electron chi connectivity index (χ0n) is 11.5. The second-order valence-electron chi connectivity index (χ2n) is 4.89. The zero-order chi connectivity index (χ0) is 14.8. The maximum absolute atomic E-state index is 14.4. The Kier molecular flexibility index (Phi) is 3.50. The van der Waals surface area contributed by atoms with E-state index in [9.17, 15) is 9.18 Å². The number of methoxy groups -OCH3 is 1. The van der Waals surface area contributed by atoms with Gasteiger partial charge in [0.1, 0.15) is 5.82 Å². The molecule has 1 aromatic carbocycles.